The molecule has 114 valence electrons. The van der Waals surface area contributed by atoms with Crippen LogP contribution in [0.3, 0.4) is 0 Å². The highest BCUT2D eigenvalue weighted by Crippen LogP contribution is 2.28. The van der Waals surface area contributed by atoms with E-state index in [0.717, 1.165) is 12.8 Å². The lowest BCUT2D eigenvalue weighted by Crippen LogP contribution is -2.49. The van der Waals surface area contributed by atoms with Crippen molar-refractivity contribution < 1.29 is 8.42 Å². The number of nitrogens with zero attached hydrogens (tertiary/aromatic N) is 3. The van der Waals surface area contributed by atoms with Gasteiger partial charge in [0, 0.05) is 26.2 Å². The van der Waals surface area contributed by atoms with Crippen LogP contribution in [0.25, 0.3) is 0 Å². The SMILES string of the molecule is CCC1CN(S(=O)(=O)c2c(C)nn(C)c2C)CCC1N. The van der Waals surface area contributed by atoms with Crippen molar-refractivity contribution in [3.63, 3.8) is 0 Å². The number of sulfonamides is 1. The molecule has 1 saturated heterocycles. The van der Waals surface area contributed by atoms with Crippen LogP contribution >= 0.6 is 0 Å². The predicted molar refractivity (Wildman–Crippen MR) is 77.8 cm³/mol. The van der Waals surface area contributed by atoms with E-state index in [1.54, 1.807) is 29.9 Å². The summed E-state index contributed by atoms with van der Waals surface area (Å²) in [4.78, 5) is 0.352. The fourth-order valence-electron chi connectivity index (χ4n) is 2.92. The van der Waals surface area contributed by atoms with E-state index in [0.29, 0.717) is 29.4 Å². The van der Waals surface area contributed by atoms with Crippen molar-refractivity contribution in [1.82, 2.24) is 14.1 Å². The minimum atomic E-state index is -3.47. The van der Waals surface area contributed by atoms with E-state index in [4.69, 9.17) is 5.73 Å². The average Bonchev–Trinajstić information content (AvgIpc) is 2.63. The molecule has 7 heteroatoms. The van der Waals surface area contributed by atoms with E-state index in [9.17, 15) is 8.42 Å². The van der Waals surface area contributed by atoms with Gasteiger partial charge in [0.25, 0.3) is 0 Å². The molecule has 2 heterocycles. The molecule has 1 aliphatic heterocycles. The molecule has 1 aliphatic rings. The molecule has 2 N–H and O–H groups in total. The molecular formula is C13H24N4O2S. The van der Waals surface area contributed by atoms with Gasteiger partial charge in [0.2, 0.25) is 10.0 Å². The second-order valence-electron chi connectivity index (χ2n) is 5.61. The van der Waals surface area contributed by atoms with Crippen molar-refractivity contribution >= 4 is 10.0 Å². The van der Waals surface area contributed by atoms with E-state index in [2.05, 4.69) is 12.0 Å². The van der Waals surface area contributed by atoms with Crippen LogP contribution in [0.5, 0.6) is 0 Å². The Kier molecular flexibility index (Phi) is 4.22. The Balaban J connectivity index is 2.36. The summed E-state index contributed by atoms with van der Waals surface area (Å²) in [6, 6.07) is 0.0996. The molecule has 6 nitrogen and oxygen atoms in total. The molecule has 0 aliphatic carbocycles. The van der Waals surface area contributed by atoms with Crippen molar-refractivity contribution in [2.24, 2.45) is 18.7 Å². The molecule has 0 amide bonds. The van der Waals surface area contributed by atoms with Crippen LogP contribution < -0.4 is 5.73 Å². The molecule has 2 unspecified atom stereocenters. The zero-order valence-corrected chi connectivity index (χ0v) is 13.4. The highest BCUT2D eigenvalue weighted by Gasteiger charge is 2.36. The maximum absolute atomic E-state index is 12.8. The summed E-state index contributed by atoms with van der Waals surface area (Å²) in [5.41, 5.74) is 7.31. The molecule has 20 heavy (non-hydrogen) atoms. The van der Waals surface area contributed by atoms with Crippen LogP contribution in [0.15, 0.2) is 4.90 Å². The first-order chi connectivity index (χ1) is 9.28. The van der Waals surface area contributed by atoms with Crippen LogP contribution in [-0.4, -0.2) is 41.6 Å². The molecule has 2 atom stereocenters. The van der Waals surface area contributed by atoms with Gasteiger partial charge < -0.3 is 5.73 Å². The fraction of sp³-hybridized carbons (Fsp3) is 0.769. The van der Waals surface area contributed by atoms with Crippen LogP contribution in [0.2, 0.25) is 0 Å². The van der Waals surface area contributed by atoms with Gasteiger partial charge in [-0.25, -0.2) is 8.42 Å². The normalized spacial score (nSPS) is 25.1. The monoisotopic (exact) mass is 300 g/mol. The lowest BCUT2D eigenvalue weighted by atomic mass is 9.92. The number of rotatable bonds is 3. The third-order valence-corrected chi connectivity index (χ3v) is 6.44. The summed E-state index contributed by atoms with van der Waals surface area (Å²) < 4.78 is 28.9. The molecule has 1 aromatic heterocycles. The van der Waals surface area contributed by atoms with E-state index in [1.165, 1.54) is 0 Å². The quantitative estimate of drug-likeness (QED) is 0.894. The Morgan fingerprint density at radius 1 is 1.40 bits per heavy atom. The Bertz CT molecular complexity index is 594. The third kappa shape index (κ3) is 2.49. The summed E-state index contributed by atoms with van der Waals surface area (Å²) in [6.45, 7) is 6.59. The number of hydrogen-bond donors (Lipinski definition) is 1. The number of nitrogens with two attached hydrogens (primary N) is 1. The first kappa shape index (κ1) is 15.5. The van der Waals surface area contributed by atoms with Gasteiger partial charge in [-0.3, -0.25) is 4.68 Å². The summed E-state index contributed by atoms with van der Waals surface area (Å²) in [6.07, 6.45) is 1.62. The standard InChI is InChI=1S/C13H24N4O2S/c1-5-11-8-17(7-6-12(11)14)20(18,19)13-9(2)15-16(4)10(13)3/h11-12H,5-8,14H2,1-4H3. The van der Waals surface area contributed by atoms with Crippen LogP contribution in [-0.2, 0) is 17.1 Å². The molecule has 0 saturated carbocycles. The lowest BCUT2D eigenvalue weighted by Gasteiger charge is -2.35. The molecule has 1 fully saturated rings. The number of hydrogen-bond acceptors (Lipinski definition) is 4. The topological polar surface area (TPSA) is 81.2 Å². The highest BCUT2D eigenvalue weighted by atomic mass is 32.2. The van der Waals surface area contributed by atoms with Gasteiger partial charge in [0.05, 0.1) is 11.4 Å². The van der Waals surface area contributed by atoms with Crippen molar-refractivity contribution in [1.29, 1.82) is 0 Å². The van der Waals surface area contributed by atoms with Crippen molar-refractivity contribution in [2.75, 3.05) is 13.1 Å². The third-order valence-electron chi connectivity index (χ3n) is 4.32. The van der Waals surface area contributed by atoms with Gasteiger partial charge in [-0.15, -0.1) is 0 Å². The molecule has 2 rings (SSSR count). The number of aromatic nitrogens is 2. The Morgan fingerprint density at radius 2 is 2.05 bits per heavy atom. The lowest BCUT2D eigenvalue weighted by molar-refractivity contribution is 0.230. The van der Waals surface area contributed by atoms with Gasteiger partial charge in [0.1, 0.15) is 4.90 Å². The van der Waals surface area contributed by atoms with Gasteiger partial charge in [0.15, 0.2) is 0 Å². The highest BCUT2D eigenvalue weighted by molar-refractivity contribution is 7.89. The Hall–Kier alpha value is -0.920. The van der Waals surface area contributed by atoms with E-state index in [-0.39, 0.29) is 12.0 Å². The van der Waals surface area contributed by atoms with Crippen LogP contribution in [0, 0.1) is 19.8 Å². The largest absolute Gasteiger partial charge is 0.327 e. The Morgan fingerprint density at radius 3 is 2.55 bits per heavy atom. The van der Waals surface area contributed by atoms with Crippen LogP contribution in [0.1, 0.15) is 31.2 Å². The van der Waals surface area contributed by atoms with Crippen molar-refractivity contribution in [3.05, 3.63) is 11.4 Å². The molecule has 0 radical (unpaired) electrons. The van der Waals surface area contributed by atoms with Gasteiger partial charge >= 0.3 is 0 Å². The zero-order chi connectivity index (χ0) is 15.1. The summed E-state index contributed by atoms with van der Waals surface area (Å²) in [7, 11) is -1.71. The smallest absolute Gasteiger partial charge is 0.246 e. The maximum Gasteiger partial charge on any atom is 0.246 e. The maximum atomic E-state index is 12.8. The summed E-state index contributed by atoms with van der Waals surface area (Å²) >= 11 is 0. The molecule has 1 aromatic rings. The first-order valence-corrected chi connectivity index (χ1v) is 8.49. The fourth-order valence-corrected chi connectivity index (χ4v) is 4.84. The van der Waals surface area contributed by atoms with Crippen molar-refractivity contribution in [2.45, 2.75) is 44.6 Å². The number of piperidine rings is 1. The first-order valence-electron chi connectivity index (χ1n) is 7.05. The van der Waals surface area contributed by atoms with Crippen molar-refractivity contribution in [3.8, 4) is 0 Å². The van der Waals surface area contributed by atoms with E-state index in [1.807, 2.05) is 0 Å². The predicted octanol–water partition coefficient (Wildman–Crippen LogP) is 0.785. The summed E-state index contributed by atoms with van der Waals surface area (Å²) in [5, 5.41) is 4.21. The second kappa shape index (κ2) is 5.46. The minimum Gasteiger partial charge on any atom is -0.327 e. The second-order valence-corrected chi connectivity index (χ2v) is 7.48. The molecule has 0 bridgehead atoms. The van der Waals surface area contributed by atoms with Gasteiger partial charge in [-0.2, -0.15) is 9.40 Å². The molecule has 0 spiro atoms. The molecule has 0 aromatic carbocycles. The van der Waals surface area contributed by atoms with E-state index >= 15 is 0 Å². The van der Waals surface area contributed by atoms with Crippen LogP contribution in [0.4, 0.5) is 0 Å². The number of aryl methyl sites for hydroxylation is 2. The van der Waals surface area contributed by atoms with Gasteiger partial charge in [-0.1, -0.05) is 13.3 Å². The minimum absolute atomic E-state index is 0.0996. The molecular weight excluding hydrogens is 276 g/mol. The van der Waals surface area contributed by atoms with E-state index < -0.39 is 10.0 Å². The van der Waals surface area contributed by atoms with Gasteiger partial charge in [-0.05, 0) is 26.2 Å². The zero-order valence-electron chi connectivity index (χ0n) is 12.6. The summed E-state index contributed by atoms with van der Waals surface area (Å²) in [5.74, 6) is 0.232. The Labute approximate surface area is 121 Å². The average molecular weight is 300 g/mol.